The summed E-state index contributed by atoms with van der Waals surface area (Å²) in [5.74, 6) is 0.241. The maximum absolute atomic E-state index is 13.1. The lowest BCUT2D eigenvalue weighted by molar-refractivity contribution is -0.155. The standard InChI is InChI=1S/C23H25ClO5S/c1-4-27-17-8-5-15(6-9-17)23(26)19-11-16(7-10-20(19)24)21-12-18(28-14(2)25)13-22(29-21)30-3/h5-11,18,21-22H,4,12-13H2,1-3H3. The number of benzene rings is 2. The number of rotatable bonds is 7. The summed E-state index contributed by atoms with van der Waals surface area (Å²) < 4.78 is 17.0. The second-order valence-corrected chi connectivity index (χ2v) is 8.42. The molecule has 1 fully saturated rings. The van der Waals surface area contributed by atoms with E-state index in [1.807, 2.05) is 19.2 Å². The molecule has 1 aliphatic heterocycles. The van der Waals surface area contributed by atoms with Crippen LogP contribution in [0.4, 0.5) is 0 Å². The lowest BCUT2D eigenvalue weighted by atomic mass is 9.95. The summed E-state index contributed by atoms with van der Waals surface area (Å²) in [4.78, 5) is 24.5. The van der Waals surface area contributed by atoms with E-state index in [2.05, 4.69) is 0 Å². The fraction of sp³-hybridized carbons (Fsp3) is 0.391. The Hall–Kier alpha value is -2.02. The molecule has 3 atom stereocenters. The first-order chi connectivity index (χ1) is 14.4. The molecule has 0 saturated carbocycles. The highest BCUT2D eigenvalue weighted by Crippen LogP contribution is 2.37. The third-order valence-corrected chi connectivity index (χ3v) is 6.04. The van der Waals surface area contributed by atoms with Crippen molar-refractivity contribution in [3.05, 3.63) is 64.2 Å². The van der Waals surface area contributed by atoms with E-state index in [0.717, 1.165) is 5.56 Å². The van der Waals surface area contributed by atoms with Gasteiger partial charge in [0.2, 0.25) is 0 Å². The molecule has 0 bridgehead atoms. The van der Waals surface area contributed by atoms with E-state index in [1.54, 1.807) is 48.2 Å². The molecule has 160 valence electrons. The van der Waals surface area contributed by atoms with Crippen LogP contribution in [0.3, 0.4) is 0 Å². The summed E-state index contributed by atoms with van der Waals surface area (Å²) in [7, 11) is 0. The van der Waals surface area contributed by atoms with Crippen molar-refractivity contribution in [2.45, 2.75) is 44.3 Å². The smallest absolute Gasteiger partial charge is 0.302 e. The van der Waals surface area contributed by atoms with E-state index in [9.17, 15) is 9.59 Å². The summed E-state index contributed by atoms with van der Waals surface area (Å²) in [5, 5.41) is 0.381. The average Bonchev–Trinajstić information content (AvgIpc) is 2.73. The molecule has 30 heavy (non-hydrogen) atoms. The number of carbonyl (C=O) groups is 2. The Bertz CT molecular complexity index is 899. The van der Waals surface area contributed by atoms with Crippen LogP contribution in [-0.4, -0.2) is 36.2 Å². The quantitative estimate of drug-likeness (QED) is 0.415. The van der Waals surface area contributed by atoms with Crippen molar-refractivity contribution in [3.63, 3.8) is 0 Å². The van der Waals surface area contributed by atoms with Crippen LogP contribution in [-0.2, 0) is 14.3 Å². The molecule has 1 aliphatic rings. The maximum atomic E-state index is 13.1. The minimum Gasteiger partial charge on any atom is -0.494 e. The van der Waals surface area contributed by atoms with Crippen LogP contribution in [0.5, 0.6) is 5.75 Å². The van der Waals surface area contributed by atoms with Gasteiger partial charge in [-0.2, -0.15) is 0 Å². The van der Waals surface area contributed by atoms with E-state index < -0.39 is 0 Å². The first-order valence-electron chi connectivity index (χ1n) is 9.83. The highest BCUT2D eigenvalue weighted by molar-refractivity contribution is 7.99. The molecular weight excluding hydrogens is 424 g/mol. The fourth-order valence-corrected chi connectivity index (χ4v) is 4.34. The molecule has 0 aliphatic carbocycles. The predicted molar refractivity (Wildman–Crippen MR) is 118 cm³/mol. The van der Waals surface area contributed by atoms with Crippen LogP contribution in [0.15, 0.2) is 42.5 Å². The molecule has 0 spiro atoms. The van der Waals surface area contributed by atoms with E-state index >= 15 is 0 Å². The molecule has 0 amide bonds. The van der Waals surface area contributed by atoms with Crippen molar-refractivity contribution in [3.8, 4) is 5.75 Å². The van der Waals surface area contributed by atoms with E-state index in [0.29, 0.717) is 41.3 Å². The zero-order valence-corrected chi connectivity index (χ0v) is 18.8. The Morgan fingerprint density at radius 2 is 1.90 bits per heavy atom. The lowest BCUT2D eigenvalue weighted by Crippen LogP contribution is -2.32. The van der Waals surface area contributed by atoms with Crippen molar-refractivity contribution in [2.24, 2.45) is 0 Å². The Labute approximate surface area is 186 Å². The molecule has 2 aromatic rings. The zero-order valence-electron chi connectivity index (χ0n) is 17.2. The molecule has 5 nitrogen and oxygen atoms in total. The highest BCUT2D eigenvalue weighted by atomic mass is 35.5. The molecule has 3 unspecified atom stereocenters. The van der Waals surface area contributed by atoms with Crippen LogP contribution >= 0.6 is 23.4 Å². The van der Waals surface area contributed by atoms with Gasteiger partial charge in [-0.1, -0.05) is 17.7 Å². The Morgan fingerprint density at radius 1 is 1.17 bits per heavy atom. The van der Waals surface area contributed by atoms with Crippen LogP contribution in [0.25, 0.3) is 0 Å². The number of hydrogen-bond donors (Lipinski definition) is 0. The highest BCUT2D eigenvalue weighted by Gasteiger charge is 2.32. The van der Waals surface area contributed by atoms with Gasteiger partial charge in [0.05, 0.1) is 17.7 Å². The molecule has 0 aromatic heterocycles. The number of thioether (sulfide) groups is 1. The topological polar surface area (TPSA) is 61.8 Å². The Morgan fingerprint density at radius 3 is 2.53 bits per heavy atom. The van der Waals surface area contributed by atoms with Crippen molar-refractivity contribution in [1.82, 2.24) is 0 Å². The number of ether oxygens (including phenoxy) is 3. The molecular formula is C23H25ClO5S. The molecule has 3 rings (SSSR count). The van der Waals surface area contributed by atoms with Gasteiger partial charge in [0.1, 0.15) is 17.3 Å². The monoisotopic (exact) mass is 448 g/mol. The molecule has 0 N–H and O–H groups in total. The van der Waals surface area contributed by atoms with Crippen molar-refractivity contribution >= 4 is 35.1 Å². The molecule has 0 radical (unpaired) electrons. The summed E-state index contributed by atoms with van der Waals surface area (Å²) >= 11 is 7.93. The number of carbonyl (C=O) groups excluding carboxylic acids is 2. The SMILES string of the molecule is CCOc1ccc(C(=O)c2cc(C3CC(OC(C)=O)CC(SC)O3)ccc2Cl)cc1. The second-order valence-electron chi connectivity index (χ2n) is 7.02. The van der Waals surface area contributed by atoms with Crippen molar-refractivity contribution in [1.29, 1.82) is 0 Å². The van der Waals surface area contributed by atoms with Crippen LogP contribution in [0.1, 0.15) is 54.3 Å². The summed E-state index contributed by atoms with van der Waals surface area (Å²) in [5.41, 5.74) is 1.69. The van der Waals surface area contributed by atoms with Gasteiger partial charge in [-0.15, -0.1) is 11.8 Å². The van der Waals surface area contributed by atoms with E-state index in [1.165, 1.54) is 6.92 Å². The van der Waals surface area contributed by atoms with E-state index in [4.69, 9.17) is 25.8 Å². The molecule has 2 aromatic carbocycles. The van der Waals surface area contributed by atoms with Gasteiger partial charge < -0.3 is 14.2 Å². The van der Waals surface area contributed by atoms with Gasteiger partial charge >= 0.3 is 5.97 Å². The average molecular weight is 449 g/mol. The van der Waals surface area contributed by atoms with Crippen LogP contribution in [0.2, 0.25) is 5.02 Å². The molecule has 7 heteroatoms. The van der Waals surface area contributed by atoms with Gasteiger partial charge in [0.15, 0.2) is 5.78 Å². The maximum Gasteiger partial charge on any atom is 0.302 e. The van der Waals surface area contributed by atoms with Crippen LogP contribution < -0.4 is 4.74 Å². The number of esters is 1. The van der Waals surface area contributed by atoms with Gasteiger partial charge in [-0.25, -0.2) is 0 Å². The van der Waals surface area contributed by atoms with E-state index in [-0.39, 0.29) is 29.4 Å². The fourth-order valence-electron chi connectivity index (χ4n) is 3.48. The van der Waals surface area contributed by atoms with Gasteiger partial charge in [-0.3, -0.25) is 9.59 Å². The van der Waals surface area contributed by atoms with Crippen LogP contribution in [0, 0.1) is 0 Å². The predicted octanol–water partition coefficient (Wildman–Crippen LogP) is 5.44. The number of ketones is 1. The summed E-state index contributed by atoms with van der Waals surface area (Å²) in [6.45, 7) is 3.88. The first kappa shape index (κ1) is 22.7. The molecule has 1 saturated heterocycles. The van der Waals surface area contributed by atoms with Gasteiger partial charge in [0, 0.05) is 30.9 Å². The third kappa shape index (κ3) is 5.56. The van der Waals surface area contributed by atoms with Crippen molar-refractivity contribution in [2.75, 3.05) is 12.9 Å². The largest absolute Gasteiger partial charge is 0.494 e. The minimum atomic E-state index is -0.303. The number of hydrogen-bond acceptors (Lipinski definition) is 6. The molecule has 1 heterocycles. The zero-order chi connectivity index (χ0) is 21.7. The van der Waals surface area contributed by atoms with Crippen molar-refractivity contribution < 1.29 is 23.8 Å². The van der Waals surface area contributed by atoms with Gasteiger partial charge in [0.25, 0.3) is 0 Å². The number of halogens is 1. The Kier molecular flexibility index (Phi) is 7.81. The summed E-state index contributed by atoms with van der Waals surface area (Å²) in [6.07, 6.45) is 2.63. The first-order valence-corrected chi connectivity index (χ1v) is 11.5. The summed E-state index contributed by atoms with van der Waals surface area (Å²) in [6, 6.07) is 12.3. The lowest BCUT2D eigenvalue weighted by Gasteiger charge is -2.34. The second kappa shape index (κ2) is 10.3. The normalized spacial score (nSPS) is 21.1. The third-order valence-electron chi connectivity index (χ3n) is 4.88. The van der Waals surface area contributed by atoms with Gasteiger partial charge in [-0.05, 0) is 55.1 Å². The minimum absolute atomic E-state index is 0.0889. The Balaban J connectivity index is 1.84.